The monoisotopic (exact) mass is 551 g/mol. The van der Waals surface area contributed by atoms with Crippen molar-refractivity contribution in [1.29, 1.82) is 0 Å². The molecule has 2 atom stereocenters. The van der Waals surface area contributed by atoms with E-state index in [2.05, 4.69) is 10.5 Å². The molecule has 0 spiro atoms. The molecule has 0 unspecified atom stereocenters. The minimum absolute atomic E-state index is 0.00253. The molecule has 2 heterocycles. The Morgan fingerprint density at radius 3 is 2.59 bits per heavy atom. The second-order valence-electron chi connectivity index (χ2n) is 9.02. The number of nitrogens with zero attached hydrogens (tertiary/aromatic N) is 2. The highest BCUT2D eigenvalue weighted by Gasteiger charge is 2.42. The number of carbonyl (C=O) groups excluding carboxylic acids is 2. The Morgan fingerprint density at radius 1 is 1.13 bits per heavy atom. The van der Waals surface area contributed by atoms with E-state index in [-0.39, 0.29) is 34.8 Å². The van der Waals surface area contributed by atoms with Crippen molar-refractivity contribution in [3.05, 3.63) is 93.8 Å². The molecule has 0 aromatic heterocycles. The van der Waals surface area contributed by atoms with Gasteiger partial charge in [-0.2, -0.15) is 0 Å². The number of aromatic carboxylic acids is 1. The number of benzene rings is 3. The van der Waals surface area contributed by atoms with Crippen molar-refractivity contribution in [3.8, 4) is 5.75 Å². The summed E-state index contributed by atoms with van der Waals surface area (Å²) in [5.41, 5.74) is 2.22. The molecule has 0 aliphatic carbocycles. The molecule has 2 aliphatic rings. The van der Waals surface area contributed by atoms with Gasteiger partial charge in [0, 0.05) is 29.8 Å². The maximum absolute atomic E-state index is 14.6. The number of hydrogen-bond acceptors (Lipinski definition) is 6. The van der Waals surface area contributed by atoms with Crippen LogP contribution in [0.2, 0.25) is 5.02 Å². The van der Waals surface area contributed by atoms with E-state index in [1.807, 2.05) is 0 Å². The highest BCUT2D eigenvalue weighted by Crippen LogP contribution is 2.37. The minimum Gasteiger partial charge on any atom is -0.496 e. The van der Waals surface area contributed by atoms with Gasteiger partial charge in [-0.05, 0) is 54.4 Å². The van der Waals surface area contributed by atoms with Crippen molar-refractivity contribution < 1.29 is 33.5 Å². The first kappa shape index (κ1) is 26.2. The first-order valence-corrected chi connectivity index (χ1v) is 12.4. The molecule has 2 amide bonds. The van der Waals surface area contributed by atoms with Crippen molar-refractivity contribution in [1.82, 2.24) is 4.90 Å². The standard InChI is InChI=1S/C28H23ClFN3O6/c1-38-22-7-3-4-18-17(22)12-13-33(25(18)26(34)31-16-10-8-15(9-11-16)28(36)37)27(35)23-14-21(32-39-23)19-5-2-6-20(29)24(19)30/h2-11,23,25H,12-14H2,1H3,(H,31,34)(H,36,37)/t23-,25-/m1/s1. The molecular formula is C28H23ClFN3O6. The number of oxime groups is 1. The van der Waals surface area contributed by atoms with Crippen LogP contribution in [0.3, 0.4) is 0 Å². The van der Waals surface area contributed by atoms with Gasteiger partial charge < -0.3 is 24.9 Å². The van der Waals surface area contributed by atoms with E-state index in [1.165, 1.54) is 48.4 Å². The van der Waals surface area contributed by atoms with Gasteiger partial charge in [0.15, 0.2) is 5.82 Å². The lowest BCUT2D eigenvalue weighted by molar-refractivity contribution is -0.148. The number of ether oxygens (including phenoxy) is 1. The van der Waals surface area contributed by atoms with Crippen LogP contribution in [0.1, 0.15) is 39.5 Å². The van der Waals surface area contributed by atoms with Gasteiger partial charge in [-0.25, -0.2) is 9.18 Å². The van der Waals surface area contributed by atoms with Crippen LogP contribution >= 0.6 is 11.6 Å². The lowest BCUT2D eigenvalue weighted by Crippen LogP contribution is -2.49. The van der Waals surface area contributed by atoms with Crippen LogP contribution in [0.15, 0.2) is 65.8 Å². The summed E-state index contributed by atoms with van der Waals surface area (Å²) in [5.74, 6) is -2.12. The number of nitrogens with one attached hydrogen (secondary N) is 1. The van der Waals surface area contributed by atoms with Crippen molar-refractivity contribution in [2.45, 2.75) is 25.0 Å². The van der Waals surface area contributed by atoms with Crippen molar-refractivity contribution in [2.24, 2.45) is 5.16 Å². The van der Waals surface area contributed by atoms with Gasteiger partial charge in [0.05, 0.1) is 23.4 Å². The highest BCUT2D eigenvalue weighted by molar-refractivity contribution is 6.31. The number of fused-ring (bicyclic) bond motifs is 1. The maximum atomic E-state index is 14.6. The Hall–Kier alpha value is -4.44. The van der Waals surface area contributed by atoms with Crippen LogP contribution in [0.25, 0.3) is 0 Å². The highest BCUT2D eigenvalue weighted by atomic mass is 35.5. The van der Waals surface area contributed by atoms with Crippen LogP contribution in [-0.4, -0.2) is 53.3 Å². The molecule has 9 nitrogen and oxygen atoms in total. The largest absolute Gasteiger partial charge is 0.496 e. The Labute approximate surface area is 227 Å². The number of anilines is 1. The second kappa shape index (κ2) is 10.7. The summed E-state index contributed by atoms with van der Waals surface area (Å²) in [6.07, 6.45) is -0.621. The number of carboxylic acid groups (broad SMARTS) is 1. The number of carbonyl (C=O) groups is 3. The van der Waals surface area contributed by atoms with Gasteiger partial charge >= 0.3 is 5.97 Å². The van der Waals surface area contributed by atoms with Gasteiger partial charge in [0.2, 0.25) is 6.10 Å². The minimum atomic E-state index is -1.09. The molecule has 5 rings (SSSR count). The molecule has 39 heavy (non-hydrogen) atoms. The lowest BCUT2D eigenvalue weighted by atomic mass is 9.90. The maximum Gasteiger partial charge on any atom is 0.335 e. The summed E-state index contributed by atoms with van der Waals surface area (Å²) in [7, 11) is 1.53. The van der Waals surface area contributed by atoms with Crippen LogP contribution in [0.4, 0.5) is 10.1 Å². The summed E-state index contributed by atoms with van der Waals surface area (Å²) >= 11 is 5.90. The Balaban J connectivity index is 1.42. The third-order valence-electron chi connectivity index (χ3n) is 6.74. The fourth-order valence-corrected chi connectivity index (χ4v) is 5.01. The number of methoxy groups -OCH3 is 1. The lowest BCUT2D eigenvalue weighted by Gasteiger charge is -2.37. The number of halogens is 2. The van der Waals surface area contributed by atoms with E-state index in [1.54, 1.807) is 24.3 Å². The molecule has 0 saturated carbocycles. The van der Waals surface area contributed by atoms with Gasteiger partial charge in [-0.3, -0.25) is 9.59 Å². The summed E-state index contributed by atoms with van der Waals surface area (Å²) in [4.78, 5) is 45.4. The third-order valence-corrected chi connectivity index (χ3v) is 7.03. The summed E-state index contributed by atoms with van der Waals surface area (Å²) in [5, 5.41) is 15.8. The van der Waals surface area contributed by atoms with E-state index in [0.717, 1.165) is 5.56 Å². The molecule has 3 aromatic carbocycles. The SMILES string of the molecule is COc1cccc2c1CCN(C(=O)[C@H]1CC(c3cccc(Cl)c3F)=NO1)[C@H]2C(=O)Nc1ccc(C(=O)O)cc1. The zero-order valence-corrected chi connectivity index (χ0v) is 21.4. The molecule has 11 heteroatoms. The molecule has 0 saturated heterocycles. The zero-order chi connectivity index (χ0) is 27.7. The normalized spacial score (nSPS) is 18.0. The zero-order valence-electron chi connectivity index (χ0n) is 20.7. The Morgan fingerprint density at radius 2 is 1.87 bits per heavy atom. The van der Waals surface area contributed by atoms with E-state index >= 15 is 0 Å². The van der Waals surface area contributed by atoms with Gasteiger partial charge in [-0.15, -0.1) is 0 Å². The molecule has 200 valence electrons. The average Bonchev–Trinajstić information content (AvgIpc) is 3.43. The molecule has 0 fully saturated rings. The summed E-state index contributed by atoms with van der Waals surface area (Å²) in [6.45, 7) is 0.197. The van der Waals surface area contributed by atoms with Crippen LogP contribution in [0, 0.1) is 5.82 Å². The van der Waals surface area contributed by atoms with E-state index in [0.29, 0.717) is 23.4 Å². The first-order valence-electron chi connectivity index (χ1n) is 12.1. The van der Waals surface area contributed by atoms with E-state index in [9.17, 15) is 18.8 Å². The fraction of sp³-hybridized carbons (Fsp3) is 0.214. The molecule has 0 bridgehead atoms. The van der Waals surface area contributed by atoms with E-state index < -0.39 is 35.7 Å². The molecule has 2 N–H and O–H groups in total. The number of rotatable bonds is 6. The molecule has 0 radical (unpaired) electrons. The van der Waals surface area contributed by atoms with Crippen LogP contribution < -0.4 is 10.1 Å². The average molecular weight is 552 g/mol. The Bertz CT molecular complexity index is 1490. The molecule has 3 aromatic rings. The predicted molar refractivity (Wildman–Crippen MR) is 141 cm³/mol. The van der Waals surface area contributed by atoms with Gasteiger partial charge in [-0.1, -0.05) is 35.0 Å². The first-order chi connectivity index (χ1) is 18.8. The van der Waals surface area contributed by atoms with Gasteiger partial charge in [0.25, 0.3) is 11.8 Å². The van der Waals surface area contributed by atoms with Crippen LogP contribution in [0.5, 0.6) is 5.75 Å². The fourth-order valence-electron chi connectivity index (χ4n) is 4.83. The summed E-state index contributed by atoms with van der Waals surface area (Å²) in [6, 6.07) is 14.4. The Kier molecular flexibility index (Phi) is 7.21. The number of hydrogen-bond donors (Lipinski definition) is 2. The predicted octanol–water partition coefficient (Wildman–Crippen LogP) is 4.44. The summed E-state index contributed by atoms with van der Waals surface area (Å²) < 4.78 is 20.1. The topological polar surface area (TPSA) is 118 Å². The second-order valence-corrected chi connectivity index (χ2v) is 9.43. The number of amides is 2. The molecule has 2 aliphatic heterocycles. The number of carboxylic acids is 1. The van der Waals surface area contributed by atoms with E-state index in [4.69, 9.17) is 26.3 Å². The van der Waals surface area contributed by atoms with Gasteiger partial charge in [0.1, 0.15) is 11.8 Å². The third kappa shape index (κ3) is 5.03. The smallest absolute Gasteiger partial charge is 0.335 e. The van der Waals surface area contributed by atoms with Crippen molar-refractivity contribution in [2.75, 3.05) is 19.0 Å². The van der Waals surface area contributed by atoms with Crippen molar-refractivity contribution >= 4 is 40.8 Å². The quantitative estimate of drug-likeness (QED) is 0.467. The van der Waals surface area contributed by atoms with Crippen LogP contribution in [-0.2, 0) is 20.8 Å². The molecular weight excluding hydrogens is 529 g/mol. The van der Waals surface area contributed by atoms with Crippen molar-refractivity contribution in [3.63, 3.8) is 0 Å².